The number of hydrogen-bond donors (Lipinski definition) is 1. The van der Waals surface area contributed by atoms with E-state index < -0.39 is 0 Å². The molecule has 0 aliphatic heterocycles. The molecule has 0 radical (unpaired) electrons. The molecule has 0 bridgehead atoms. The summed E-state index contributed by atoms with van der Waals surface area (Å²) in [6, 6.07) is 9.17. The van der Waals surface area contributed by atoms with Crippen molar-refractivity contribution in [2.45, 2.75) is 0 Å². The van der Waals surface area contributed by atoms with Crippen LogP contribution in [0.3, 0.4) is 0 Å². The fourth-order valence-corrected chi connectivity index (χ4v) is 1.79. The second kappa shape index (κ2) is 4.45. The molecule has 3 aromatic rings. The van der Waals surface area contributed by atoms with Gasteiger partial charge in [-0.3, -0.25) is 15.1 Å². The molecule has 1 N–H and O–H groups in total. The van der Waals surface area contributed by atoms with Gasteiger partial charge in [0.2, 0.25) is 5.95 Å². The van der Waals surface area contributed by atoms with Gasteiger partial charge in [-0.15, -0.1) is 0 Å². The summed E-state index contributed by atoms with van der Waals surface area (Å²) in [4.78, 5) is 16.5. The minimum atomic E-state index is -0.290. The molecule has 0 saturated carbocycles. The minimum absolute atomic E-state index is 0.290. The number of nitrogens with zero attached hydrogens (tertiary/aromatic N) is 5. The number of tetrazole rings is 1. The van der Waals surface area contributed by atoms with E-state index in [1.807, 2.05) is 24.3 Å². The summed E-state index contributed by atoms with van der Waals surface area (Å²) < 4.78 is 1.39. The molecule has 0 fully saturated rings. The molecule has 2 heterocycles. The van der Waals surface area contributed by atoms with Gasteiger partial charge < -0.3 is 0 Å². The summed E-state index contributed by atoms with van der Waals surface area (Å²) >= 11 is 0. The first-order valence-corrected chi connectivity index (χ1v) is 5.63. The van der Waals surface area contributed by atoms with E-state index >= 15 is 0 Å². The van der Waals surface area contributed by atoms with Gasteiger partial charge in [0.05, 0.1) is 11.1 Å². The fourth-order valence-electron chi connectivity index (χ4n) is 1.79. The van der Waals surface area contributed by atoms with Gasteiger partial charge in [0.15, 0.2) is 0 Å². The summed E-state index contributed by atoms with van der Waals surface area (Å²) in [6.07, 6.45) is 1.66. The number of fused-ring (bicyclic) bond motifs is 1. The number of benzene rings is 1. The Morgan fingerprint density at radius 1 is 1.26 bits per heavy atom. The number of para-hydroxylation sites is 1. The molecule has 3 rings (SSSR count). The number of carbonyl (C=O) groups excluding carboxylic acids is 1. The van der Waals surface area contributed by atoms with Gasteiger partial charge in [0.1, 0.15) is 0 Å². The van der Waals surface area contributed by atoms with Gasteiger partial charge >= 0.3 is 0 Å². The molecule has 0 unspecified atom stereocenters. The summed E-state index contributed by atoms with van der Waals surface area (Å²) in [5.41, 5.74) is 1.14. The van der Waals surface area contributed by atoms with Crippen molar-refractivity contribution in [3.05, 3.63) is 42.1 Å². The molecular formula is C12H10N6O. The SMILES string of the molecule is Cn1nnnc1NC(=O)c1cccc2cccnc12. The largest absolute Gasteiger partial charge is 0.289 e. The molecule has 0 saturated heterocycles. The van der Waals surface area contributed by atoms with Crippen LogP contribution in [-0.4, -0.2) is 31.1 Å². The van der Waals surface area contributed by atoms with Gasteiger partial charge in [-0.2, -0.15) is 0 Å². The van der Waals surface area contributed by atoms with E-state index in [0.29, 0.717) is 11.1 Å². The van der Waals surface area contributed by atoms with Crippen LogP contribution in [0.2, 0.25) is 0 Å². The number of nitrogens with one attached hydrogen (secondary N) is 1. The number of aryl methyl sites for hydroxylation is 1. The average molecular weight is 254 g/mol. The molecule has 94 valence electrons. The summed E-state index contributed by atoms with van der Waals surface area (Å²) in [5.74, 6) is 0.000124. The molecule has 7 nitrogen and oxygen atoms in total. The Kier molecular flexibility index (Phi) is 2.64. The van der Waals surface area contributed by atoms with Gasteiger partial charge in [0.25, 0.3) is 5.91 Å². The van der Waals surface area contributed by atoms with Gasteiger partial charge in [-0.05, 0) is 22.6 Å². The third-order valence-electron chi connectivity index (χ3n) is 2.72. The third kappa shape index (κ3) is 2.01. The Morgan fingerprint density at radius 3 is 2.89 bits per heavy atom. The number of rotatable bonds is 2. The zero-order chi connectivity index (χ0) is 13.2. The van der Waals surface area contributed by atoms with Crippen LogP contribution < -0.4 is 5.32 Å². The van der Waals surface area contributed by atoms with Crippen molar-refractivity contribution in [2.24, 2.45) is 7.05 Å². The van der Waals surface area contributed by atoms with Crippen LogP contribution in [0.4, 0.5) is 5.95 Å². The normalized spacial score (nSPS) is 10.6. The standard InChI is InChI=1S/C12H10N6O/c1-18-12(15-16-17-18)14-11(19)9-6-2-4-8-5-3-7-13-10(8)9/h2-7H,1H3,(H,14,15,17,19). The van der Waals surface area contributed by atoms with Gasteiger partial charge in [-0.25, -0.2) is 4.68 Å². The predicted molar refractivity (Wildman–Crippen MR) is 68.5 cm³/mol. The number of aromatic nitrogens is 5. The maximum Gasteiger partial charge on any atom is 0.260 e. The second-order valence-corrected chi connectivity index (χ2v) is 3.96. The van der Waals surface area contributed by atoms with Crippen LogP contribution in [0.25, 0.3) is 10.9 Å². The summed E-state index contributed by atoms with van der Waals surface area (Å²) in [6.45, 7) is 0. The zero-order valence-electron chi connectivity index (χ0n) is 10.1. The molecule has 0 spiro atoms. The topological polar surface area (TPSA) is 85.6 Å². The van der Waals surface area contributed by atoms with E-state index in [4.69, 9.17) is 0 Å². The molecular weight excluding hydrogens is 244 g/mol. The van der Waals surface area contributed by atoms with Crippen molar-refractivity contribution in [1.29, 1.82) is 0 Å². The van der Waals surface area contributed by atoms with Crippen molar-refractivity contribution in [1.82, 2.24) is 25.2 Å². The molecule has 7 heteroatoms. The number of carbonyl (C=O) groups is 1. The lowest BCUT2D eigenvalue weighted by Gasteiger charge is -2.05. The zero-order valence-corrected chi connectivity index (χ0v) is 10.1. The van der Waals surface area contributed by atoms with E-state index in [0.717, 1.165) is 5.39 Å². The van der Waals surface area contributed by atoms with E-state index in [9.17, 15) is 4.79 Å². The van der Waals surface area contributed by atoms with E-state index in [-0.39, 0.29) is 11.9 Å². The fraction of sp³-hybridized carbons (Fsp3) is 0.0833. The lowest BCUT2D eigenvalue weighted by Crippen LogP contribution is -2.16. The van der Waals surface area contributed by atoms with Gasteiger partial charge in [0, 0.05) is 18.6 Å². The Morgan fingerprint density at radius 2 is 2.11 bits per heavy atom. The molecule has 0 aliphatic carbocycles. The van der Waals surface area contributed by atoms with E-state index in [1.165, 1.54) is 4.68 Å². The lowest BCUT2D eigenvalue weighted by atomic mass is 10.1. The van der Waals surface area contributed by atoms with Crippen molar-refractivity contribution in [2.75, 3.05) is 5.32 Å². The maximum atomic E-state index is 12.2. The van der Waals surface area contributed by atoms with Crippen LogP contribution >= 0.6 is 0 Å². The maximum absolute atomic E-state index is 12.2. The van der Waals surface area contributed by atoms with Crippen molar-refractivity contribution < 1.29 is 4.79 Å². The molecule has 0 atom stereocenters. The predicted octanol–water partition coefficient (Wildman–Crippen LogP) is 1.01. The highest BCUT2D eigenvalue weighted by Gasteiger charge is 2.13. The Bertz CT molecular complexity index is 745. The van der Waals surface area contributed by atoms with Crippen LogP contribution in [-0.2, 0) is 7.05 Å². The Hall–Kier alpha value is -2.83. The molecule has 2 aromatic heterocycles. The van der Waals surface area contributed by atoms with E-state index in [1.54, 1.807) is 19.3 Å². The first kappa shape index (κ1) is 11.3. The Balaban J connectivity index is 2.00. The molecule has 1 aromatic carbocycles. The highest BCUT2D eigenvalue weighted by atomic mass is 16.1. The van der Waals surface area contributed by atoms with Crippen LogP contribution in [0.15, 0.2) is 36.5 Å². The second-order valence-electron chi connectivity index (χ2n) is 3.96. The number of amides is 1. The van der Waals surface area contributed by atoms with Gasteiger partial charge in [-0.1, -0.05) is 23.3 Å². The highest BCUT2D eigenvalue weighted by molar-refractivity contribution is 6.11. The smallest absolute Gasteiger partial charge is 0.260 e. The van der Waals surface area contributed by atoms with Crippen molar-refractivity contribution in [3.63, 3.8) is 0 Å². The van der Waals surface area contributed by atoms with Crippen molar-refractivity contribution in [3.8, 4) is 0 Å². The van der Waals surface area contributed by atoms with Crippen LogP contribution in [0.5, 0.6) is 0 Å². The third-order valence-corrected chi connectivity index (χ3v) is 2.72. The molecule has 19 heavy (non-hydrogen) atoms. The number of pyridine rings is 1. The molecule has 1 amide bonds. The quantitative estimate of drug-likeness (QED) is 0.737. The molecule has 0 aliphatic rings. The summed E-state index contributed by atoms with van der Waals surface area (Å²) in [7, 11) is 1.65. The van der Waals surface area contributed by atoms with Crippen molar-refractivity contribution >= 4 is 22.8 Å². The minimum Gasteiger partial charge on any atom is -0.289 e. The number of anilines is 1. The average Bonchev–Trinajstić information content (AvgIpc) is 2.83. The number of hydrogen-bond acceptors (Lipinski definition) is 5. The first-order chi connectivity index (χ1) is 9.25. The highest BCUT2D eigenvalue weighted by Crippen LogP contribution is 2.16. The van der Waals surface area contributed by atoms with Crippen LogP contribution in [0.1, 0.15) is 10.4 Å². The lowest BCUT2D eigenvalue weighted by molar-refractivity contribution is 0.102. The first-order valence-electron chi connectivity index (χ1n) is 5.63. The Labute approximate surface area is 108 Å². The van der Waals surface area contributed by atoms with Crippen LogP contribution in [0, 0.1) is 0 Å². The van der Waals surface area contributed by atoms with E-state index in [2.05, 4.69) is 25.8 Å². The summed E-state index contributed by atoms with van der Waals surface area (Å²) in [5, 5.41) is 14.4. The monoisotopic (exact) mass is 254 g/mol.